The number of nitrogens with two attached hydrogens (primary N) is 1. The van der Waals surface area contributed by atoms with E-state index in [9.17, 15) is 14.0 Å². The lowest BCUT2D eigenvalue weighted by Crippen LogP contribution is -2.44. The van der Waals surface area contributed by atoms with E-state index in [0.29, 0.717) is 10.6 Å². The van der Waals surface area contributed by atoms with Gasteiger partial charge in [-0.05, 0) is 31.0 Å². The van der Waals surface area contributed by atoms with Crippen LogP contribution in [0.1, 0.15) is 20.8 Å². The molecule has 1 unspecified atom stereocenters. The van der Waals surface area contributed by atoms with Crippen molar-refractivity contribution in [3.8, 4) is 0 Å². The van der Waals surface area contributed by atoms with Crippen LogP contribution >= 0.6 is 11.8 Å². The first-order valence-corrected chi connectivity index (χ1v) is 7.27. The highest BCUT2D eigenvalue weighted by Crippen LogP contribution is 2.23. The third-order valence-corrected chi connectivity index (χ3v) is 3.78. The van der Waals surface area contributed by atoms with Crippen LogP contribution in [-0.2, 0) is 9.59 Å². The molecule has 6 heteroatoms. The highest BCUT2D eigenvalue weighted by Gasteiger charge is 2.20. The summed E-state index contributed by atoms with van der Waals surface area (Å²) in [6, 6.07) is 3.83. The van der Waals surface area contributed by atoms with Crippen LogP contribution in [0.25, 0.3) is 0 Å². The number of halogens is 1. The van der Waals surface area contributed by atoms with E-state index in [1.54, 1.807) is 6.07 Å². The number of rotatable bonds is 6. The van der Waals surface area contributed by atoms with Crippen LogP contribution in [0.15, 0.2) is 23.1 Å². The van der Waals surface area contributed by atoms with Gasteiger partial charge in [-0.3, -0.25) is 9.59 Å². The van der Waals surface area contributed by atoms with Crippen molar-refractivity contribution >= 4 is 29.1 Å². The molecule has 1 aromatic carbocycles. The van der Waals surface area contributed by atoms with Gasteiger partial charge in [0.05, 0.1) is 11.8 Å². The van der Waals surface area contributed by atoms with Gasteiger partial charge in [-0.15, -0.1) is 11.8 Å². The fourth-order valence-corrected chi connectivity index (χ4v) is 2.46. The van der Waals surface area contributed by atoms with Crippen LogP contribution in [-0.4, -0.2) is 23.5 Å². The van der Waals surface area contributed by atoms with E-state index in [0.717, 1.165) is 11.8 Å². The third kappa shape index (κ3) is 4.85. The molecule has 0 aliphatic rings. The highest BCUT2D eigenvalue weighted by atomic mass is 32.2. The number of Topliss-reactive ketones (excluding diaryl/α,β-unsaturated/α-hetero) is 1. The molecule has 3 N–H and O–H groups in total. The quantitative estimate of drug-likeness (QED) is 0.624. The van der Waals surface area contributed by atoms with E-state index in [1.165, 1.54) is 19.1 Å². The summed E-state index contributed by atoms with van der Waals surface area (Å²) in [4.78, 5) is 23.5. The monoisotopic (exact) mass is 298 g/mol. The lowest BCUT2D eigenvalue weighted by molar-refractivity contribution is -0.126. The Morgan fingerprint density at radius 1 is 1.40 bits per heavy atom. The number of anilines is 1. The lowest BCUT2D eigenvalue weighted by atomic mass is 10.0. The molecule has 1 rings (SSSR count). The molecule has 1 amide bonds. The van der Waals surface area contributed by atoms with Crippen LogP contribution in [0.3, 0.4) is 0 Å². The van der Waals surface area contributed by atoms with Gasteiger partial charge in [0, 0.05) is 10.6 Å². The number of hydrogen-bond acceptors (Lipinski definition) is 4. The first kappa shape index (κ1) is 16.5. The molecular formula is C14H19FN2O2S. The van der Waals surface area contributed by atoms with Crippen LogP contribution < -0.4 is 11.1 Å². The minimum atomic E-state index is -0.501. The van der Waals surface area contributed by atoms with E-state index in [2.05, 4.69) is 5.32 Å². The molecule has 0 fully saturated rings. The summed E-state index contributed by atoms with van der Waals surface area (Å²) in [6.45, 7) is 5.16. The van der Waals surface area contributed by atoms with Gasteiger partial charge in [0.25, 0.3) is 0 Å². The molecule has 20 heavy (non-hydrogen) atoms. The summed E-state index contributed by atoms with van der Waals surface area (Å²) in [5.41, 5.74) is 5.79. The summed E-state index contributed by atoms with van der Waals surface area (Å²) in [7, 11) is 0. The maximum Gasteiger partial charge on any atom is 0.230 e. The molecule has 0 heterocycles. The minimum Gasteiger partial charge on any atom is -0.399 e. The molecular weight excluding hydrogens is 279 g/mol. The second-order valence-electron chi connectivity index (χ2n) is 4.88. The molecule has 0 aromatic heterocycles. The summed E-state index contributed by atoms with van der Waals surface area (Å²) in [6.07, 6.45) is 0. The topological polar surface area (TPSA) is 72.2 Å². The number of benzene rings is 1. The Morgan fingerprint density at radius 2 is 2.05 bits per heavy atom. The van der Waals surface area contributed by atoms with Crippen LogP contribution in [0.4, 0.5) is 10.1 Å². The van der Waals surface area contributed by atoms with Gasteiger partial charge < -0.3 is 11.1 Å². The van der Waals surface area contributed by atoms with E-state index in [1.807, 2.05) is 13.8 Å². The van der Waals surface area contributed by atoms with E-state index < -0.39 is 11.9 Å². The number of nitrogen functional groups attached to an aromatic ring is 1. The fourth-order valence-electron chi connectivity index (χ4n) is 1.73. The molecule has 1 aromatic rings. The first-order chi connectivity index (χ1) is 9.31. The zero-order valence-corrected chi connectivity index (χ0v) is 12.6. The van der Waals surface area contributed by atoms with Gasteiger partial charge in [0.1, 0.15) is 5.82 Å². The molecule has 0 radical (unpaired) electrons. The molecule has 0 spiro atoms. The lowest BCUT2D eigenvalue weighted by Gasteiger charge is -2.19. The standard InChI is InChI=1S/C14H19FN2O2S/c1-8(2)14(9(3)18)17-13(19)7-20-12-5-4-10(16)6-11(12)15/h4-6,8,14H,7,16H2,1-3H3,(H,17,19). The third-order valence-electron chi connectivity index (χ3n) is 2.74. The van der Waals surface area contributed by atoms with Crippen molar-refractivity contribution in [2.24, 2.45) is 5.92 Å². The number of carbonyl (C=O) groups is 2. The predicted molar refractivity (Wildman–Crippen MR) is 79.0 cm³/mol. The summed E-state index contributed by atoms with van der Waals surface area (Å²) < 4.78 is 13.5. The minimum absolute atomic E-state index is 0.0229. The molecule has 0 bridgehead atoms. The summed E-state index contributed by atoms with van der Waals surface area (Å²) >= 11 is 1.08. The average Bonchev–Trinajstić information content (AvgIpc) is 2.34. The van der Waals surface area contributed by atoms with Crippen LogP contribution in [0.5, 0.6) is 0 Å². The largest absolute Gasteiger partial charge is 0.399 e. The van der Waals surface area contributed by atoms with Crippen LogP contribution in [0.2, 0.25) is 0 Å². The van der Waals surface area contributed by atoms with Gasteiger partial charge >= 0.3 is 0 Å². The number of thioether (sulfide) groups is 1. The van der Waals surface area contributed by atoms with E-state index >= 15 is 0 Å². The van der Waals surface area contributed by atoms with Crippen molar-refractivity contribution in [3.05, 3.63) is 24.0 Å². The Bertz CT molecular complexity index is 506. The molecule has 0 aliphatic carbocycles. The van der Waals surface area contributed by atoms with Gasteiger partial charge in [0.2, 0.25) is 5.91 Å². The molecule has 4 nitrogen and oxygen atoms in total. The number of hydrogen-bond donors (Lipinski definition) is 2. The maximum atomic E-state index is 13.5. The molecule has 0 aliphatic heterocycles. The second-order valence-corrected chi connectivity index (χ2v) is 5.90. The Kier molecular flexibility index (Phi) is 6.01. The Balaban J connectivity index is 2.57. The van der Waals surface area contributed by atoms with Gasteiger partial charge in [-0.25, -0.2) is 4.39 Å². The predicted octanol–water partition coefficient (Wildman–Crippen LogP) is 2.23. The van der Waals surface area contributed by atoms with Gasteiger partial charge in [0.15, 0.2) is 5.78 Å². The molecule has 0 saturated carbocycles. The second kappa shape index (κ2) is 7.28. The van der Waals surface area contributed by atoms with Crippen molar-refractivity contribution in [2.75, 3.05) is 11.5 Å². The summed E-state index contributed by atoms with van der Waals surface area (Å²) in [5, 5.41) is 2.66. The van der Waals surface area contributed by atoms with Crippen molar-refractivity contribution in [1.82, 2.24) is 5.32 Å². The van der Waals surface area contributed by atoms with Crippen molar-refractivity contribution < 1.29 is 14.0 Å². The maximum absolute atomic E-state index is 13.5. The van der Waals surface area contributed by atoms with Crippen molar-refractivity contribution in [3.63, 3.8) is 0 Å². The van der Waals surface area contributed by atoms with Gasteiger partial charge in [-0.2, -0.15) is 0 Å². The Morgan fingerprint density at radius 3 is 2.55 bits per heavy atom. The number of carbonyl (C=O) groups excluding carboxylic acids is 2. The molecule has 1 atom stereocenters. The zero-order valence-electron chi connectivity index (χ0n) is 11.8. The van der Waals surface area contributed by atoms with Crippen molar-refractivity contribution in [2.45, 2.75) is 31.7 Å². The van der Waals surface area contributed by atoms with E-state index in [4.69, 9.17) is 5.73 Å². The van der Waals surface area contributed by atoms with E-state index in [-0.39, 0.29) is 23.4 Å². The SMILES string of the molecule is CC(=O)C(NC(=O)CSc1ccc(N)cc1F)C(C)C. The Hall–Kier alpha value is -1.56. The molecule has 110 valence electrons. The highest BCUT2D eigenvalue weighted by molar-refractivity contribution is 8.00. The Labute approximate surface area is 122 Å². The smallest absolute Gasteiger partial charge is 0.230 e. The number of amides is 1. The number of nitrogens with one attached hydrogen (secondary N) is 1. The normalized spacial score (nSPS) is 12.2. The van der Waals surface area contributed by atoms with Gasteiger partial charge in [-0.1, -0.05) is 13.8 Å². The number of ketones is 1. The average molecular weight is 298 g/mol. The molecule has 0 saturated heterocycles. The first-order valence-electron chi connectivity index (χ1n) is 6.29. The van der Waals surface area contributed by atoms with Crippen molar-refractivity contribution in [1.29, 1.82) is 0 Å². The summed E-state index contributed by atoms with van der Waals surface area (Å²) in [5.74, 6) is -0.751. The zero-order chi connectivity index (χ0) is 15.3. The fraction of sp³-hybridized carbons (Fsp3) is 0.429. The van der Waals surface area contributed by atoms with Crippen LogP contribution in [0, 0.1) is 11.7 Å².